The monoisotopic (exact) mass is 378 g/mol. The Morgan fingerprint density at radius 1 is 1.11 bits per heavy atom. The summed E-state index contributed by atoms with van der Waals surface area (Å²) in [5.41, 5.74) is 2.08. The number of amides is 3. The fourth-order valence-corrected chi connectivity index (χ4v) is 5.29. The molecule has 1 saturated heterocycles. The quantitative estimate of drug-likeness (QED) is 0.655. The van der Waals surface area contributed by atoms with E-state index in [4.69, 9.17) is 0 Å². The summed E-state index contributed by atoms with van der Waals surface area (Å²) in [6.07, 6.45) is 5.11. The normalized spacial score (nSPS) is 28.1. The Hall–Kier alpha value is -2.73. The second kappa shape index (κ2) is 5.89. The summed E-state index contributed by atoms with van der Waals surface area (Å²) in [5.74, 6) is -0.338. The van der Waals surface area contributed by atoms with Gasteiger partial charge in [-0.3, -0.25) is 19.3 Å². The van der Waals surface area contributed by atoms with Crippen molar-refractivity contribution >= 4 is 40.4 Å². The fraction of sp³-hybridized carbons (Fsp3) is 0.286. The van der Waals surface area contributed by atoms with Crippen molar-refractivity contribution in [3.05, 3.63) is 58.3 Å². The number of nitrogens with one attached hydrogen (secondary N) is 1. The Balaban J connectivity index is 1.40. The number of carbonyl (C=O) groups excluding carboxylic acids is 3. The van der Waals surface area contributed by atoms with E-state index in [1.807, 2.05) is 18.4 Å². The molecule has 0 spiro atoms. The van der Waals surface area contributed by atoms with Gasteiger partial charge in [-0.15, -0.1) is 11.3 Å². The molecule has 6 heteroatoms. The number of rotatable bonds is 3. The average molecular weight is 378 g/mol. The van der Waals surface area contributed by atoms with Crippen molar-refractivity contribution in [1.82, 2.24) is 0 Å². The third-order valence-electron chi connectivity index (χ3n) is 5.93. The maximum Gasteiger partial charge on any atom is 0.265 e. The first-order valence-electron chi connectivity index (χ1n) is 9.06. The summed E-state index contributed by atoms with van der Waals surface area (Å²) in [6, 6.07) is 8.91. The number of fused-ring (bicyclic) bond motifs is 5. The number of hydrogen-bond acceptors (Lipinski definition) is 4. The van der Waals surface area contributed by atoms with E-state index in [9.17, 15) is 14.4 Å². The van der Waals surface area contributed by atoms with E-state index in [1.165, 1.54) is 16.2 Å². The standard InChI is InChI=1S/C21H18N2O3S/c1-11-9-14(6-7-15(11)22-19(24)16-3-2-8-27-16)23-20(25)17-12-4-5-13(10-12)18(17)21(23)26/h2-9,12-13,17-18H,10H2,1H3,(H,22,24)/t12-,13-,17-,18+/m0/s1. The van der Waals surface area contributed by atoms with Gasteiger partial charge in [0.05, 0.1) is 22.4 Å². The molecule has 1 N–H and O–H groups in total. The maximum atomic E-state index is 12.9. The summed E-state index contributed by atoms with van der Waals surface area (Å²) in [5, 5.41) is 4.75. The highest BCUT2D eigenvalue weighted by atomic mass is 32.1. The van der Waals surface area contributed by atoms with Crippen LogP contribution in [-0.2, 0) is 9.59 Å². The fourth-order valence-electron chi connectivity index (χ4n) is 4.68. The van der Waals surface area contributed by atoms with Gasteiger partial charge in [-0.1, -0.05) is 18.2 Å². The minimum atomic E-state index is -0.203. The predicted octanol–water partition coefficient (Wildman–Crippen LogP) is 3.62. The van der Waals surface area contributed by atoms with Crippen molar-refractivity contribution in [3.8, 4) is 0 Å². The molecule has 5 nitrogen and oxygen atoms in total. The van der Waals surface area contributed by atoms with Crippen molar-refractivity contribution in [2.45, 2.75) is 13.3 Å². The molecule has 3 amide bonds. The average Bonchev–Trinajstić information content (AvgIpc) is 3.42. The summed E-state index contributed by atoms with van der Waals surface area (Å²) in [4.78, 5) is 40.1. The van der Waals surface area contributed by atoms with Crippen LogP contribution >= 0.6 is 11.3 Å². The van der Waals surface area contributed by atoms with Crippen LogP contribution in [0.5, 0.6) is 0 Å². The van der Waals surface area contributed by atoms with E-state index in [0.717, 1.165) is 12.0 Å². The number of hydrogen-bond donors (Lipinski definition) is 1. The highest BCUT2D eigenvalue weighted by Gasteiger charge is 2.59. The van der Waals surface area contributed by atoms with Crippen LogP contribution in [0.3, 0.4) is 0 Å². The van der Waals surface area contributed by atoms with Gasteiger partial charge >= 0.3 is 0 Å². The summed E-state index contributed by atoms with van der Waals surface area (Å²) < 4.78 is 0. The first-order valence-corrected chi connectivity index (χ1v) is 9.94. The summed E-state index contributed by atoms with van der Waals surface area (Å²) in [7, 11) is 0. The highest BCUT2D eigenvalue weighted by molar-refractivity contribution is 7.12. The molecule has 2 aliphatic carbocycles. The second-order valence-electron chi connectivity index (χ2n) is 7.44. The molecule has 1 aromatic carbocycles. The topological polar surface area (TPSA) is 66.5 Å². The van der Waals surface area contributed by atoms with Crippen molar-refractivity contribution < 1.29 is 14.4 Å². The number of nitrogens with zero attached hydrogens (tertiary/aromatic N) is 1. The third-order valence-corrected chi connectivity index (χ3v) is 6.80. The van der Waals surface area contributed by atoms with Crippen LogP contribution in [0.15, 0.2) is 47.9 Å². The number of carbonyl (C=O) groups is 3. The number of allylic oxidation sites excluding steroid dienone is 2. The van der Waals surface area contributed by atoms with E-state index in [0.29, 0.717) is 16.3 Å². The van der Waals surface area contributed by atoms with Crippen molar-refractivity contribution in [2.24, 2.45) is 23.7 Å². The Kier molecular flexibility index (Phi) is 3.59. The smallest absolute Gasteiger partial charge is 0.265 e. The predicted molar refractivity (Wildman–Crippen MR) is 104 cm³/mol. The molecule has 2 bridgehead atoms. The molecule has 0 radical (unpaired) electrons. The van der Waals surface area contributed by atoms with Crippen molar-refractivity contribution in [3.63, 3.8) is 0 Å². The molecule has 3 aliphatic rings. The Morgan fingerprint density at radius 2 is 1.81 bits per heavy atom. The molecular formula is C21H18N2O3S. The molecule has 27 heavy (non-hydrogen) atoms. The lowest BCUT2D eigenvalue weighted by Gasteiger charge is -2.19. The van der Waals surface area contributed by atoms with E-state index >= 15 is 0 Å². The first-order chi connectivity index (χ1) is 13.0. The zero-order chi connectivity index (χ0) is 18.7. The largest absolute Gasteiger partial charge is 0.321 e. The van der Waals surface area contributed by atoms with E-state index in [1.54, 1.807) is 24.3 Å². The number of anilines is 2. The van der Waals surface area contributed by atoms with Crippen molar-refractivity contribution in [2.75, 3.05) is 10.2 Å². The van der Waals surface area contributed by atoms with Gasteiger partial charge in [-0.2, -0.15) is 0 Å². The van der Waals surface area contributed by atoms with E-state index < -0.39 is 0 Å². The van der Waals surface area contributed by atoms with Crippen LogP contribution in [0, 0.1) is 30.6 Å². The number of benzene rings is 1. The molecule has 1 aromatic heterocycles. The lowest BCUT2D eigenvalue weighted by molar-refractivity contribution is -0.123. The SMILES string of the molecule is Cc1cc(N2C(=O)[C@@H]3[C@H](C2=O)[C@H]2C=C[C@H]3C2)ccc1NC(=O)c1cccs1. The van der Waals surface area contributed by atoms with Crippen LogP contribution in [0.4, 0.5) is 11.4 Å². The summed E-state index contributed by atoms with van der Waals surface area (Å²) >= 11 is 1.38. The van der Waals surface area contributed by atoms with Gasteiger partial charge in [0, 0.05) is 5.69 Å². The molecule has 136 valence electrons. The van der Waals surface area contributed by atoms with Gasteiger partial charge in [-0.25, -0.2) is 0 Å². The van der Waals surface area contributed by atoms with Gasteiger partial charge in [0.25, 0.3) is 5.91 Å². The third kappa shape index (κ3) is 2.40. The Bertz CT molecular complexity index is 965. The Morgan fingerprint density at radius 3 is 2.41 bits per heavy atom. The molecule has 2 aromatic rings. The van der Waals surface area contributed by atoms with Gasteiger partial charge in [0.15, 0.2) is 0 Å². The molecular weight excluding hydrogens is 360 g/mol. The van der Waals surface area contributed by atoms with Crippen LogP contribution in [0.25, 0.3) is 0 Å². The van der Waals surface area contributed by atoms with Crippen LogP contribution in [0.2, 0.25) is 0 Å². The molecule has 4 atom stereocenters. The molecule has 5 rings (SSSR count). The zero-order valence-corrected chi connectivity index (χ0v) is 15.5. The number of aryl methyl sites for hydroxylation is 1. The van der Waals surface area contributed by atoms with Crippen LogP contribution < -0.4 is 10.2 Å². The maximum absolute atomic E-state index is 12.9. The van der Waals surface area contributed by atoms with Crippen molar-refractivity contribution in [1.29, 1.82) is 0 Å². The summed E-state index contributed by atoms with van der Waals surface area (Å²) in [6.45, 7) is 1.87. The first kappa shape index (κ1) is 16.4. The molecule has 0 unspecified atom stereocenters. The molecule has 2 fully saturated rings. The van der Waals surface area contributed by atoms with Crippen LogP contribution in [-0.4, -0.2) is 17.7 Å². The van der Waals surface area contributed by atoms with Gasteiger partial charge in [-0.05, 0) is 60.4 Å². The lowest BCUT2D eigenvalue weighted by atomic mass is 9.85. The van der Waals surface area contributed by atoms with E-state index in [2.05, 4.69) is 17.5 Å². The lowest BCUT2D eigenvalue weighted by Crippen LogP contribution is -2.32. The van der Waals surface area contributed by atoms with Crippen LogP contribution in [0.1, 0.15) is 21.7 Å². The van der Waals surface area contributed by atoms with Gasteiger partial charge in [0.1, 0.15) is 0 Å². The number of imide groups is 1. The molecule has 1 saturated carbocycles. The van der Waals surface area contributed by atoms with Gasteiger partial charge < -0.3 is 5.32 Å². The molecule has 1 aliphatic heterocycles. The van der Waals surface area contributed by atoms with E-state index in [-0.39, 0.29) is 41.4 Å². The number of thiophene rings is 1. The van der Waals surface area contributed by atoms with Gasteiger partial charge in [0.2, 0.25) is 11.8 Å². The second-order valence-corrected chi connectivity index (χ2v) is 8.39. The minimum Gasteiger partial charge on any atom is -0.321 e. The highest BCUT2D eigenvalue weighted by Crippen LogP contribution is 2.53. The minimum absolute atomic E-state index is 0.0865. The Labute approximate surface area is 160 Å². The molecule has 2 heterocycles. The zero-order valence-electron chi connectivity index (χ0n) is 14.7.